The predicted octanol–water partition coefficient (Wildman–Crippen LogP) is 5.67. The van der Waals surface area contributed by atoms with Gasteiger partial charge >= 0.3 is 0 Å². The van der Waals surface area contributed by atoms with Gasteiger partial charge in [0.25, 0.3) is 5.56 Å². The fourth-order valence-electron chi connectivity index (χ4n) is 3.54. The van der Waals surface area contributed by atoms with E-state index in [9.17, 15) is 9.59 Å². The van der Waals surface area contributed by atoms with E-state index in [1.54, 1.807) is 6.07 Å². The van der Waals surface area contributed by atoms with Crippen LogP contribution in [-0.2, 0) is 4.79 Å². The van der Waals surface area contributed by atoms with Gasteiger partial charge in [0, 0.05) is 12.5 Å². The van der Waals surface area contributed by atoms with Crippen LogP contribution in [0.2, 0.25) is 0 Å². The number of anilines is 1. The van der Waals surface area contributed by atoms with Gasteiger partial charge in [-0.15, -0.1) is 0 Å². The van der Waals surface area contributed by atoms with Crippen LogP contribution in [0.5, 0.6) is 0 Å². The average Bonchev–Trinajstić information content (AvgIpc) is 3.14. The molecule has 2 rings (SSSR count). The third-order valence-corrected chi connectivity index (χ3v) is 5.20. The number of carbonyl (C=O) groups excluding carboxylic acids is 1. The van der Waals surface area contributed by atoms with Crippen LogP contribution in [0, 0.1) is 0 Å². The molecule has 0 aliphatic carbocycles. The summed E-state index contributed by atoms with van der Waals surface area (Å²) < 4.78 is 0. The van der Waals surface area contributed by atoms with Gasteiger partial charge in [-0.2, -0.15) is 0 Å². The van der Waals surface area contributed by atoms with Crippen molar-refractivity contribution in [1.82, 2.24) is 15.0 Å². The highest BCUT2D eigenvalue weighted by atomic mass is 16.2. The number of aromatic amines is 2. The Morgan fingerprint density at radius 2 is 1.50 bits per heavy atom. The molecule has 2 aromatic heterocycles. The molecule has 0 spiro atoms. The fourth-order valence-corrected chi connectivity index (χ4v) is 3.54. The average molecular weight is 389 g/mol. The molecule has 1 amide bonds. The predicted molar refractivity (Wildman–Crippen MR) is 116 cm³/mol. The van der Waals surface area contributed by atoms with Crippen molar-refractivity contribution in [3.63, 3.8) is 0 Å². The summed E-state index contributed by atoms with van der Waals surface area (Å²) in [6.07, 6.45) is 18.7. The van der Waals surface area contributed by atoms with Crippen LogP contribution >= 0.6 is 0 Å². The lowest BCUT2D eigenvalue weighted by atomic mass is 10.0. The topological polar surface area (TPSA) is 90.6 Å². The molecule has 0 aliphatic heterocycles. The molecule has 0 bridgehead atoms. The minimum atomic E-state index is -0.296. The number of unbranched alkanes of at least 4 members (excludes halogenated alkanes) is 12. The number of hydrogen-bond acceptors (Lipinski definition) is 3. The first-order valence-corrected chi connectivity index (χ1v) is 11.1. The molecule has 28 heavy (non-hydrogen) atoms. The number of amides is 1. The molecular weight excluding hydrogens is 352 g/mol. The van der Waals surface area contributed by atoms with E-state index in [2.05, 4.69) is 27.2 Å². The number of nitrogens with one attached hydrogen (secondary N) is 3. The minimum Gasteiger partial charge on any atom is -0.344 e. The molecule has 6 heteroatoms. The van der Waals surface area contributed by atoms with Gasteiger partial charge in [-0.05, 0) is 6.42 Å². The van der Waals surface area contributed by atoms with Gasteiger partial charge in [0.1, 0.15) is 5.82 Å². The number of pyridine rings is 1. The van der Waals surface area contributed by atoms with Crippen molar-refractivity contribution in [3.05, 3.63) is 22.7 Å². The van der Waals surface area contributed by atoms with Gasteiger partial charge in [-0.25, -0.2) is 4.98 Å². The van der Waals surface area contributed by atoms with Crippen LogP contribution in [0.15, 0.2) is 17.2 Å². The Kier molecular flexibility index (Phi) is 10.4. The Morgan fingerprint density at radius 1 is 0.929 bits per heavy atom. The molecule has 0 aromatic carbocycles. The quantitative estimate of drug-likeness (QED) is 0.343. The Hall–Kier alpha value is -2.11. The highest BCUT2D eigenvalue weighted by molar-refractivity contribution is 5.91. The van der Waals surface area contributed by atoms with Crippen LogP contribution in [0.25, 0.3) is 11.0 Å². The van der Waals surface area contributed by atoms with Gasteiger partial charge in [0.15, 0.2) is 5.52 Å². The van der Waals surface area contributed by atoms with Crippen LogP contribution < -0.4 is 10.9 Å². The summed E-state index contributed by atoms with van der Waals surface area (Å²) in [5, 5.41) is 2.77. The molecule has 3 N–H and O–H groups in total. The molecule has 0 fully saturated rings. The van der Waals surface area contributed by atoms with E-state index < -0.39 is 0 Å². The monoisotopic (exact) mass is 388 g/mol. The zero-order chi connectivity index (χ0) is 20.0. The third-order valence-electron chi connectivity index (χ3n) is 5.20. The van der Waals surface area contributed by atoms with E-state index in [1.165, 1.54) is 77.0 Å². The SMILES string of the molecule is CCCCCCCCCCCCCCCC(=O)Nc1cc2[nH]cnc2c(=O)[nH]1. The van der Waals surface area contributed by atoms with E-state index in [1.807, 2.05) is 0 Å². The second kappa shape index (κ2) is 13.1. The van der Waals surface area contributed by atoms with Crippen molar-refractivity contribution in [2.24, 2.45) is 0 Å². The molecule has 2 aromatic rings. The van der Waals surface area contributed by atoms with Crippen LogP contribution in [0.3, 0.4) is 0 Å². The van der Waals surface area contributed by atoms with Crippen molar-refractivity contribution < 1.29 is 4.79 Å². The van der Waals surface area contributed by atoms with Gasteiger partial charge < -0.3 is 15.3 Å². The number of aromatic nitrogens is 3. The summed E-state index contributed by atoms with van der Waals surface area (Å²) in [7, 11) is 0. The highest BCUT2D eigenvalue weighted by Gasteiger charge is 2.07. The van der Waals surface area contributed by atoms with E-state index in [4.69, 9.17) is 0 Å². The smallest absolute Gasteiger partial charge is 0.277 e. The van der Waals surface area contributed by atoms with Gasteiger partial charge in [0.2, 0.25) is 5.91 Å². The minimum absolute atomic E-state index is 0.0578. The molecular formula is C22H36N4O2. The molecule has 0 unspecified atom stereocenters. The number of fused-ring (bicyclic) bond motifs is 1. The van der Waals surface area contributed by atoms with E-state index in [0.717, 1.165) is 12.8 Å². The lowest BCUT2D eigenvalue weighted by molar-refractivity contribution is -0.116. The lowest BCUT2D eigenvalue weighted by Gasteiger charge is -2.05. The number of imidazole rings is 1. The molecule has 0 radical (unpaired) electrons. The van der Waals surface area contributed by atoms with Crippen molar-refractivity contribution in [1.29, 1.82) is 0 Å². The Morgan fingerprint density at radius 3 is 2.11 bits per heavy atom. The molecule has 0 saturated heterocycles. The largest absolute Gasteiger partial charge is 0.344 e. The first-order valence-electron chi connectivity index (χ1n) is 11.1. The molecule has 156 valence electrons. The Balaban J connectivity index is 1.46. The third kappa shape index (κ3) is 8.28. The van der Waals surface area contributed by atoms with E-state index >= 15 is 0 Å². The summed E-state index contributed by atoms with van der Waals surface area (Å²) in [4.78, 5) is 33.4. The van der Waals surface area contributed by atoms with Gasteiger partial charge in [-0.1, -0.05) is 84.0 Å². The molecule has 0 aliphatic rings. The maximum atomic E-state index is 12.0. The Bertz CT molecular complexity index is 750. The van der Waals surface area contributed by atoms with Gasteiger partial charge in [0.05, 0.1) is 11.8 Å². The standard InChI is InChI=1S/C22H36N4O2/c1-2-3-4-5-6-7-8-9-10-11-12-13-14-15-20(27)25-19-16-18-21(22(28)26-19)24-17-23-18/h16-17H,2-15H2,1H3,(H,23,24)(H2,25,26,27,28). The number of H-pyrrole nitrogens is 2. The molecule has 2 heterocycles. The zero-order valence-electron chi connectivity index (χ0n) is 17.3. The fraction of sp³-hybridized carbons (Fsp3) is 0.682. The number of hydrogen-bond donors (Lipinski definition) is 3. The Labute approximate surface area is 167 Å². The van der Waals surface area contributed by atoms with E-state index in [0.29, 0.717) is 23.3 Å². The van der Waals surface area contributed by atoms with Crippen molar-refractivity contribution in [3.8, 4) is 0 Å². The normalized spacial score (nSPS) is 11.2. The van der Waals surface area contributed by atoms with Crippen molar-refractivity contribution >= 4 is 22.8 Å². The summed E-state index contributed by atoms with van der Waals surface area (Å²) in [5.41, 5.74) is 0.685. The lowest BCUT2D eigenvalue weighted by Crippen LogP contribution is -2.16. The van der Waals surface area contributed by atoms with Crippen molar-refractivity contribution in [2.75, 3.05) is 5.32 Å². The first-order chi connectivity index (χ1) is 13.7. The van der Waals surface area contributed by atoms with Crippen LogP contribution in [0.4, 0.5) is 5.82 Å². The summed E-state index contributed by atoms with van der Waals surface area (Å²) in [5.74, 6) is 0.360. The zero-order valence-corrected chi connectivity index (χ0v) is 17.3. The van der Waals surface area contributed by atoms with Crippen molar-refractivity contribution in [2.45, 2.75) is 96.8 Å². The molecule has 0 saturated carbocycles. The molecule has 0 atom stereocenters. The maximum Gasteiger partial charge on any atom is 0.277 e. The van der Waals surface area contributed by atoms with E-state index in [-0.39, 0.29) is 11.5 Å². The number of nitrogens with zero attached hydrogens (tertiary/aromatic N) is 1. The highest BCUT2D eigenvalue weighted by Crippen LogP contribution is 2.13. The number of rotatable bonds is 15. The molecule has 6 nitrogen and oxygen atoms in total. The van der Waals surface area contributed by atoms with Crippen LogP contribution in [-0.4, -0.2) is 20.9 Å². The summed E-state index contributed by atoms with van der Waals surface area (Å²) in [6, 6.07) is 1.70. The first kappa shape index (κ1) is 22.2. The second-order valence-corrected chi connectivity index (χ2v) is 7.72. The number of carbonyl (C=O) groups is 1. The summed E-state index contributed by atoms with van der Waals surface area (Å²) in [6.45, 7) is 2.26. The second-order valence-electron chi connectivity index (χ2n) is 7.72. The summed E-state index contributed by atoms with van der Waals surface area (Å²) >= 11 is 0. The van der Waals surface area contributed by atoms with Crippen LogP contribution in [0.1, 0.15) is 96.8 Å². The van der Waals surface area contributed by atoms with Gasteiger partial charge in [-0.3, -0.25) is 9.59 Å². The maximum absolute atomic E-state index is 12.0.